The summed E-state index contributed by atoms with van der Waals surface area (Å²) in [5.41, 5.74) is 3.77. The van der Waals surface area contributed by atoms with E-state index in [1.54, 1.807) is 0 Å². The molecule has 2 N–H and O–H groups in total. The summed E-state index contributed by atoms with van der Waals surface area (Å²) in [6, 6.07) is 0. The lowest BCUT2D eigenvalue weighted by Gasteiger charge is -2.40. The third-order valence-corrected chi connectivity index (χ3v) is 5.88. The quantitative estimate of drug-likeness (QED) is 0.487. The Kier molecular flexibility index (Phi) is 6.87. The fraction of sp³-hybridized carbons (Fsp3) is 0.789. The lowest BCUT2D eigenvalue weighted by Crippen LogP contribution is -2.54. The maximum Gasteiger partial charge on any atom is 0.191 e. The second-order valence-corrected chi connectivity index (χ2v) is 7.59. The number of hydrogen-bond donors (Lipinski definition) is 2. The monoisotopic (exact) mass is 348 g/mol. The van der Waals surface area contributed by atoms with Gasteiger partial charge in [0.25, 0.3) is 0 Å². The van der Waals surface area contributed by atoms with Crippen molar-refractivity contribution in [2.45, 2.75) is 64.5 Å². The lowest BCUT2D eigenvalue weighted by molar-refractivity contribution is 0.132. The largest absolute Gasteiger partial charge is 0.355 e. The van der Waals surface area contributed by atoms with Crippen LogP contribution in [0.2, 0.25) is 0 Å². The van der Waals surface area contributed by atoms with Crippen LogP contribution in [0, 0.1) is 13.8 Å². The van der Waals surface area contributed by atoms with Crippen molar-refractivity contribution in [3.8, 4) is 0 Å². The Labute approximate surface area is 153 Å². The van der Waals surface area contributed by atoms with Crippen LogP contribution >= 0.6 is 0 Å². The fourth-order valence-electron chi connectivity index (χ4n) is 3.88. The zero-order valence-electron chi connectivity index (χ0n) is 16.9. The molecule has 142 valence electrons. The van der Waals surface area contributed by atoms with Gasteiger partial charge in [-0.15, -0.1) is 0 Å². The number of likely N-dealkylation sites (N-methyl/N-ethyl adjacent to an activating group) is 1. The SMILES string of the molecule is CN=C(NCc1c(C)nn(C)c1C)NCC1(N(C)C)CCCCCC1. The Hall–Kier alpha value is -1.56. The van der Waals surface area contributed by atoms with Crippen molar-refractivity contribution < 1.29 is 0 Å². The standard InChI is InChI=1S/C19H36N6/c1-15-17(16(2)25(6)23-15)13-21-18(20-3)22-14-19(24(4)5)11-9-7-8-10-12-19/h7-14H2,1-6H3,(H2,20,21,22). The van der Waals surface area contributed by atoms with Crippen molar-refractivity contribution in [2.24, 2.45) is 12.0 Å². The van der Waals surface area contributed by atoms with Crippen LogP contribution in [-0.2, 0) is 13.6 Å². The lowest BCUT2D eigenvalue weighted by atomic mass is 9.89. The first-order valence-electron chi connectivity index (χ1n) is 9.50. The van der Waals surface area contributed by atoms with Crippen molar-refractivity contribution in [2.75, 3.05) is 27.7 Å². The molecule has 1 fully saturated rings. The minimum atomic E-state index is 0.230. The van der Waals surface area contributed by atoms with Gasteiger partial charge in [0.1, 0.15) is 0 Å². The highest BCUT2D eigenvalue weighted by Gasteiger charge is 2.33. The molecular weight excluding hydrogens is 312 g/mol. The fourth-order valence-corrected chi connectivity index (χ4v) is 3.88. The average Bonchev–Trinajstić information content (AvgIpc) is 2.76. The van der Waals surface area contributed by atoms with Crippen molar-refractivity contribution in [1.82, 2.24) is 25.3 Å². The van der Waals surface area contributed by atoms with E-state index in [0.717, 1.165) is 24.7 Å². The molecule has 0 spiro atoms. The van der Waals surface area contributed by atoms with Crippen molar-refractivity contribution >= 4 is 5.96 Å². The van der Waals surface area contributed by atoms with Crippen LogP contribution in [0.15, 0.2) is 4.99 Å². The van der Waals surface area contributed by atoms with Gasteiger partial charge in [0.05, 0.1) is 5.69 Å². The highest BCUT2D eigenvalue weighted by Crippen LogP contribution is 2.30. The van der Waals surface area contributed by atoms with Gasteiger partial charge in [-0.1, -0.05) is 25.7 Å². The summed E-state index contributed by atoms with van der Waals surface area (Å²) in [5.74, 6) is 0.869. The summed E-state index contributed by atoms with van der Waals surface area (Å²) < 4.78 is 1.94. The smallest absolute Gasteiger partial charge is 0.191 e. The number of aryl methyl sites for hydroxylation is 2. The molecule has 1 aromatic heterocycles. The van der Waals surface area contributed by atoms with E-state index in [4.69, 9.17) is 0 Å². The molecular formula is C19H36N6. The Morgan fingerprint density at radius 2 is 1.80 bits per heavy atom. The van der Waals surface area contributed by atoms with Crippen LogP contribution in [0.5, 0.6) is 0 Å². The minimum Gasteiger partial charge on any atom is -0.355 e. The van der Waals surface area contributed by atoms with Crippen molar-refractivity contribution in [3.63, 3.8) is 0 Å². The Morgan fingerprint density at radius 1 is 1.16 bits per heavy atom. The molecule has 0 radical (unpaired) electrons. The summed E-state index contributed by atoms with van der Waals surface area (Å²) >= 11 is 0. The Balaban J connectivity index is 1.97. The summed E-state index contributed by atoms with van der Waals surface area (Å²) in [6.07, 6.45) is 7.87. The van der Waals surface area contributed by atoms with E-state index in [1.807, 2.05) is 18.8 Å². The van der Waals surface area contributed by atoms with Crippen LogP contribution in [-0.4, -0.2) is 53.9 Å². The summed E-state index contributed by atoms with van der Waals surface area (Å²) in [6.45, 7) is 5.86. The number of nitrogens with one attached hydrogen (secondary N) is 2. The van der Waals surface area contributed by atoms with Gasteiger partial charge in [-0.05, 0) is 40.8 Å². The van der Waals surface area contributed by atoms with E-state index >= 15 is 0 Å². The zero-order valence-corrected chi connectivity index (χ0v) is 16.9. The van der Waals surface area contributed by atoms with Gasteiger partial charge in [0.15, 0.2) is 5.96 Å². The van der Waals surface area contributed by atoms with E-state index in [0.29, 0.717) is 0 Å². The minimum absolute atomic E-state index is 0.230. The molecule has 0 aromatic carbocycles. The first-order valence-corrected chi connectivity index (χ1v) is 9.50. The first kappa shape index (κ1) is 19.8. The van der Waals surface area contributed by atoms with Crippen LogP contribution in [0.25, 0.3) is 0 Å². The molecule has 1 aromatic rings. The van der Waals surface area contributed by atoms with Gasteiger partial charge >= 0.3 is 0 Å². The molecule has 0 atom stereocenters. The maximum atomic E-state index is 4.49. The number of hydrogen-bond acceptors (Lipinski definition) is 3. The molecule has 0 bridgehead atoms. The van der Waals surface area contributed by atoms with Gasteiger partial charge in [-0.3, -0.25) is 9.67 Å². The second-order valence-electron chi connectivity index (χ2n) is 7.59. The summed E-state index contributed by atoms with van der Waals surface area (Å²) in [7, 11) is 8.26. The number of nitrogens with zero attached hydrogens (tertiary/aromatic N) is 4. The molecule has 25 heavy (non-hydrogen) atoms. The summed E-state index contributed by atoms with van der Waals surface area (Å²) in [4.78, 5) is 6.83. The number of aliphatic imine (C=N–C) groups is 1. The van der Waals surface area contributed by atoms with Crippen LogP contribution in [0.4, 0.5) is 0 Å². The molecule has 0 unspecified atom stereocenters. The van der Waals surface area contributed by atoms with E-state index in [9.17, 15) is 0 Å². The van der Waals surface area contributed by atoms with E-state index < -0.39 is 0 Å². The summed E-state index contributed by atoms with van der Waals surface area (Å²) in [5, 5.41) is 11.5. The molecule has 6 heteroatoms. The van der Waals surface area contributed by atoms with E-state index in [1.165, 1.54) is 49.8 Å². The number of aromatic nitrogens is 2. The van der Waals surface area contributed by atoms with Crippen LogP contribution in [0.3, 0.4) is 0 Å². The van der Waals surface area contributed by atoms with Gasteiger partial charge in [-0.25, -0.2) is 0 Å². The zero-order chi connectivity index (χ0) is 18.4. The molecule has 0 aliphatic heterocycles. The van der Waals surface area contributed by atoms with Gasteiger partial charge < -0.3 is 15.5 Å². The molecule has 0 amide bonds. The van der Waals surface area contributed by atoms with Gasteiger partial charge in [0, 0.05) is 44.0 Å². The van der Waals surface area contributed by atoms with Crippen molar-refractivity contribution in [3.05, 3.63) is 17.0 Å². The number of rotatable bonds is 5. The molecule has 1 aliphatic carbocycles. The Bertz CT molecular complexity index is 579. The third-order valence-electron chi connectivity index (χ3n) is 5.88. The maximum absolute atomic E-state index is 4.49. The predicted octanol–water partition coefficient (Wildman–Crippen LogP) is 2.36. The highest BCUT2D eigenvalue weighted by molar-refractivity contribution is 5.79. The topological polar surface area (TPSA) is 57.5 Å². The normalized spacial score (nSPS) is 18.3. The van der Waals surface area contributed by atoms with Crippen LogP contribution < -0.4 is 10.6 Å². The molecule has 1 saturated carbocycles. The van der Waals surface area contributed by atoms with Crippen LogP contribution in [0.1, 0.15) is 55.5 Å². The first-order chi connectivity index (χ1) is 11.9. The highest BCUT2D eigenvalue weighted by atomic mass is 15.3. The van der Waals surface area contributed by atoms with Gasteiger partial charge in [0.2, 0.25) is 0 Å². The number of guanidine groups is 1. The van der Waals surface area contributed by atoms with E-state index in [2.05, 4.69) is 53.6 Å². The molecule has 1 aliphatic rings. The molecule has 0 saturated heterocycles. The Morgan fingerprint density at radius 3 is 2.28 bits per heavy atom. The third kappa shape index (κ3) is 4.75. The molecule has 6 nitrogen and oxygen atoms in total. The second kappa shape index (κ2) is 8.70. The van der Waals surface area contributed by atoms with Crippen molar-refractivity contribution in [1.29, 1.82) is 0 Å². The van der Waals surface area contributed by atoms with E-state index in [-0.39, 0.29) is 5.54 Å². The predicted molar refractivity (Wildman–Crippen MR) is 105 cm³/mol. The van der Waals surface area contributed by atoms with Gasteiger partial charge in [-0.2, -0.15) is 5.10 Å². The molecule has 2 rings (SSSR count). The molecule has 1 heterocycles. The average molecular weight is 349 g/mol.